The third-order valence-corrected chi connectivity index (χ3v) is 2.17. The van der Waals surface area contributed by atoms with E-state index in [1.165, 1.54) is 5.56 Å². The van der Waals surface area contributed by atoms with Gasteiger partial charge in [-0.05, 0) is 11.0 Å². The molecule has 0 radical (unpaired) electrons. The lowest BCUT2D eigenvalue weighted by molar-refractivity contribution is -0.711. The van der Waals surface area contributed by atoms with Crippen LogP contribution in [-0.2, 0) is 12.0 Å². The summed E-state index contributed by atoms with van der Waals surface area (Å²) in [5.41, 5.74) is 5.47. The zero-order valence-corrected chi connectivity index (χ0v) is 8.88. The highest BCUT2D eigenvalue weighted by molar-refractivity contribution is 5.17. The average molecular weight is 180 g/mol. The molecule has 1 aromatic rings. The van der Waals surface area contributed by atoms with E-state index in [4.69, 9.17) is 0 Å². The summed E-state index contributed by atoms with van der Waals surface area (Å²) in [6.07, 6.45) is 4.26. The molecule has 0 saturated heterocycles. The third kappa shape index (κ3) is 2.81. The van der Waals surface area contributed by atoms with Gasteiger partial charge in [0.2, 0.25) is 0 Å². The van der Waals surface area contributed by atoms with E-state index in [9.17, 15) is 0 Å². The van der Waals surface area contributed by atoms with Crippen molar-refractivity contribution in [2.75, 3.05) is 6.54 Å². The van der Waals surface area contributed by atoms with E-state index in [0.717, 1.165) is 13.1 Å². The molecule has 0 fully saturated rings. The van der Waals surface area contributed by atoms with Gasteiger partial charge in [0.05, 0.1) is 0 Å². The van der Waals surface area contributed by atoms with Gasteiger partial charge in [-0.15, -0.1) is 0 Å². The zero-order chi connectivity index (χ0) is 9.90. The van der Waals surface area contributed by atoms with Crippen molar-refractivity contribution < 1.29 is 10.3 Å². The van der Waals surface area contributed by atoms with E-state index >= 15 is 0 Å². The predicted octanol–water partition coefficient (Wildman–Crippen LogP) is 0.514. The molecule has 0 aliphatic rings. The minimum absolute atomic E-state index is 0.254. The van der Waals surface area contributed by atoms with Crippen LogP contribution in [0.25, 0.3) is 0 Å². The number of hydrogen-bond donors (Lipinski definition) is 1. The summed E-state index contributed by atoms with van der Waals surface area (Å²) in [6, 6.07) is 4.38. The van der Waals surface area contributed by atoms with Gasteiger partial charge in [-0.3, -0.25) is 0 Å². The summed E-state index contributed by atoms with van der Waals surface area (Å²) in [6.45, 7) is 8.64. The van der Waals surface area contributed by atoms with Crippen molar-refractivity contribution in [3.8, 4) is 0 Å². The highest BCUT2D eigenvalue weighted by Gasteiger charge is 2.14. The van der Waals surface area contributed by atoms with Gasteiger partial charge in [0, 0.05) is 12.1 Å². The van der Waals surface area contributed by atoms with Crippen molar-refractivity contribution in [2.24, 2.45) is 0 Å². The Hall–Kier alpha value is -0.890. The maximum atomic E-state index is 3.83. The van der Waals surface area contributed by atoms with Crippen LogP contribution in [0, 0.1) is 0 Å². The zero-order valence-electron chi connectivity index (χ0n) is 8.88. The quantitative estimate of drug-likeness (QED) is 0.643. The number of pyridine rings is 1. The van der Waals surface area contributed by atoms with Crippen LogP contribution >= 0.6 is 0 Å². The second kappa shape index (κ2) is 3.88. The Labute approximate surface area is 80.4 Å². The Kier molecular flexibility index (Phi) is 3.04. The predicted molar refractivity (Wildman–Crippen MR) is 53.1 cm³/mol. The minimum atomic E-state index is 0.254. The maximum absolute atomic E-state index is 3.83. The minimum Gasteiger partial charge on any atom is -0.352 e. The van der Waals surface area contributed by atoms with E-state index in [1.54, 1.807) is 0 Å². The molecule has 0 spiro atoms. The fourth-order valence-corrected chi connectivity index (χ4v) is 1.29. The van der Waals surface area contributed by atoms with Crippen molar-refractivity contribution in [2.45, 2.75) is 32.7 Å². The molecule has 0 saturated carbocycles. The van der Waals surface area contributed by atoms with Crippen molar-refractivity contribution in [3.63, 3.8) is 0 Å². The largest absolute Gasteiger partial charge is 0.352 e. The van der Waals surface area contributed by atoms with Gasteiger partial charge in [-0.25, -0.2) is 0 Å². The van der Waals surface area contributed by atoms with Crippen LogP contribution in [0.5, 0.6) is 0 Å². The van der Waals surface area contributed by atoms with Crippen LogP contribution in [0.3, 0.4) is 0 Å². The van der Waals surface area contributed by atoms with Gasteiger partial charge >= 0.3 is 0 Å². The molecule has 1 rings (SSSR count). The fourth-order valence-electron chi connectivity index (χ4n) is 1.29. The van der Waals surface area contributed by atoms with E-state index in [0.29, 0.717) is 0 Å². The normalized spacial score (nSPS) is 11.7. The van der Waals surface area contributed by atoms with Crippen molar-refractivity contribution in [1.82, 2.24) is 0 Å². The summed E-state index contributed by atoms with van der Waals surface area (Å²) in [7, 11) is 0. The van der Waals surface area contributed by atoms with E-state index in [1.807, 2.05) is 0 Å². The first-order valence-electron chi connectivity index (χ1n) is 4.83. The molecule has 3 N–H and O–H groups in total. The summed E-state index contributed by atoms with van der Waals surface area (Å²) >= 11 is 0. The monoisotopic (exact) mass is 180 g/mol. The molecule has 1 heterocycles. The molecule has 0 aliphatic heterocycles. The second-order valence-corrected chi connectivity index (χ2v) is 4.43. The first kappa shape index (κ1) is 10.2. The third-order valence-electron chi connectivity index (χ3n) is 2.17. The SMILES string of the molecule is CC(C)(C)c1cc[n+](CC[NH3+])cc1. The number of quaternary nitrogens is 1. The van der Waals surface area contributed by atoms with Crippen LogP contribution in [0.4, 0.5) is 0 Å². The van der Waals surface area contributed by atoms with Crippen LogP contribution in [0.1, 0.15) is 26.3 Å². The maximum Gasteiger partial charge on any atom is 0.196 e. The molecule has 0 aromatic carbocycles. The van der Waals surface area contributed by atoms with Gasteiger partial charge in [0.25, 0.3) is 0 Å². The molecule has 0 atom stereocenters. The molecular weight excluding hydrogens is 160 g/mol. The van der Waals surface area contributed by atoms with E-state index in [-0.39, 0.29) is 5.41 Å². The van der Waals surface area contributed by atoms with E-state index in [2.05, 4.69) is 55.6 Å². The Morgan fingerprint density at radius 3 is 2.15 bits per heavy atom. The molecular formula is C11H20N2+2. The molecule has 0 unspecified atom stereocenters. The standard InChI is InChI=1S/C11H19N2/c1-11(2,3)10-4-7-13(8-5-10)9-6-12/h4-5,7-8H,6,9,12H2,1-3H3/q+1/p+1. The van der Waals surface area contributed by atoms with Crippen LogP contribution in [-0.4, -0.2) is 6.54 Å². The molecule has 1 aromatic heterocycles. The molecule has 2 heteroatoms. The lowest BCUT2D eigenvalue weighted by atomic mass is 9.88. The van der Waals surface area contributed by atoms with Crippen LogP contribution in [0.2, 0.25) is 0 Å². The highest BCUT2D eigenvalue weighted by Crippen LogP contribution is 2.19. The van der Waals surface area contributed by atoms with Gasteiger partial charge in [0.1, 0.15) is 6.54 Å². The Balaban J connectivity index is 2.81. The van der Waals surface area contributed by atoms with Crippen molar-refractivity contribution in [3.05, 3.63) is 30.1 Å². The van der Waals surface area contributed by atoms with Crippen molar-refractivity contribution >= 4 is 0 Å². The first-order valence-corrected chi connectivity index (χ1v) is 4.83. The van der Waals surface area contributed by atoms with Crippen LogP contribution in [0.15, 0.2) is 24.5 Å². The van der Waals surface area contributed by atoms with E-state index < -0.39 is 0 Å². The van der Waals surface area contributed by atoms with Gasteiger partial charge in [-0.1, -0.05) is 20.8 Å². The first-order chi connectivity index (χ1) is 6.04. The molecule has 13 heavy (non-hydrogen) atoms. The van der Waals surface area contributed by atoms with Crippen LogP contribution < -0.4 is 10.3 Å². The molecule has 0 aliphatic carbocycles. The summed E-state index contributed by atoms with van der Waals surface area (Å²) in [5, 5.41) is 0. The smallest absolute Gasteiger partial charge is 0.196 e. The van der Waals surface area contributed by atoms with Crippen molar-refractivity contribution in [1.29, 1.82) is 0 Å². The van der Waals surface area contributed by atoms with Gasteiger partial charge in [-0.2, -0.15) is 4.57 Å². The summed E-state index contributed by atoms with van der Waals surface area (Å²) in [4.78, 5) is 0. The number of nitrogens with zero attached hydrogens (tertiary/aromatic N) is 1. The molecule has 2 nitrogen and oxygen atoms in total. The Morgan fingerprint density at radius 2 is 1.77 bits per heavy atom. The summed E-state index contributed by atoms with van der Waals surface area (Å²) < 4.78 is 2.17. The lowest BCUT2D eigenvalue weighted by Gasteiger charge is -2.17. The second-order valence-electron chi connectivity index (χ2n) is 4.43. The topological polar surface area (TPSA) is 31.5 Å². The Bertz CT molecular complexity index is 256. The fraction of sp³-hybridized carbons (Fsp3) is 0.545. The number of rotatable bonds is 2. The van der Waals surface area contributed by atoms with Gasteiger partial charge < -0.3 is 5.73 Å². The molecule has 72 valence electrons. The average Bonchev–Trinajstić information content (AvgIpc) is 2.04. The number of aromatic nitrogens is 1. The highest BCUT2D eigenvalue weighted by atomic mass is 14.9. The molecule has 0 bridgehead atoms. The Morgan fingerprint density at radius 1 is 1.23 bits per heavy atom. The van der Waals surface area contributed by atoms with Gasteiger partial charge in [0.15, 0.2) is 18.9 Å². The summed E-state index contributed by atoms with van der Waals surface area (Å²) in [5.74, 6) is 0. The number of hydrogen-bond acceptors (Lipinski definition) is 0. The lowest BCUT2D eigenvalue weighted by Crippen LogP contribution is -2.56. The molecule has 0 amide bonds.